The second-order valence-corrected chi connectivity index (χ2v) is 6.98. The minimum atomic E-state index is -0.622. The second-order valence-electron chi connectivity index (χ2n) is 6.98. The number of phenols is 1. The van der Waals surface area contributed by atoms with Crippen molar-refractivity contribution < 1.29 is 19.4 Å². The first-order valence-corrected chi connectivity index (χ1v) is 8.12. The smallest absolute Gasteiger partial charge is 0.410 e. The van der Waals surface area contributed by atoms with Crippen molar-refractivity contribution in [2.24, 2.45) is 5.73 Å². The molecule has 0 aromatic heterocycles. The fourth-order valence-corrected chi connectivity index (χ4v) is 2.41. The highest BCUT2D eigenvalue weighted by atomic mass is 16.6. The fraction of sp³-hybridized carbons (Fsp3) is 0.368. The Morgan fingerprint density at radius 1 is 1.12 bits per heavy atom. The maximum atomic E-state index is 12.4. The molecule has 0 aliphatic carbocycles. The van der Waals surface area contributed by atoms with Crippen molar-refractivity contribution in [1.29, 1.82) is 0 Å². The third-order valence-electron chi connectivity index (χ3n) is 3.54. The Bertz CT molecular complexity index is 781. The van der Waals surface area contributed by atoms with E-state index in [1.807, 2.05) is 24.3 Å². The number of hydrogen-bond donors (Lipinski definition) is 2. The summed E-state index contributed by atoms with van der Waals surface area (Å²) >= 11 is 0. The molecule has 6 nitrogen and oxygen atoms in total. The monoisotopic (exact) mass is 344 g/mol. The van der Waals surface area contributed by atoms with E-state index in [2.05, 4.69) is 0 Å². The van der Waals surface area contributed by atoms with E-state index in [-0.39, 0.29) is 18.7 Å². The van der Waals surface area contributed by atoms with Crippen LogP contribution in [0.25, 0.3) is 10.8 Å². The Hall–Kier alpha value is -2.76. The maximum Gasteiger partial charge on any atom is 0.410 e. The number of aromatic hydroxyl groups is 1. The summed E-state index contributed by atoms with van der Waals surface area (Å²) in [7, 11) is 0. The zero-order valence-corrected chi connectivity index (χ0v) is 14.8. The minimum Gasteiger partial charge on any atom is -0.508 e. The number of nitrogens with two attached hydrogens (primary N) is 1. The SMILES string of the molecule is CC(C)(C)OC(=O)N(CCC(N)=O)Cc1ccc2cc(O)ccc2c1. The first kappa shape index (κ1) is 18.6. The highest BCUT2D eigenvalue weighted by Crippen LogP contribution is 2.22. The van der Waals surface area contributed by atoms with E-state index in [0.29, 0.717) is 6.54 Å². The number of amides is 2. The summed E-state index contributed by atoms with van der Waals surface area (Å²) in [4.78, 5) is 25.0. The van der Waals surface area contributed by atoms with Gasteiger partial charge in [0.05, 0.1) is 0 Å². The molecule has 2 aromatic carbocycles. The van der Waals surface area contributed by atoms with Crippen LogP contribution in [0.5, 0.6) is 5.75 Å². The van der Waals surface area contributed by atoms with Gasteiger partial charge in [-0.25, -0.2) is 4.79 Å². The summed E-state index contributed by atoms with van der Waals surface area (Å²) in [6, 6.07) is 10.8. The summed E-state index contributed by atoms with van der Waals surface area (Å²) in [5, 5.41) is 11.4. The zero-order valence-electron chi connectivity index (χ0n) is 14.8. The second kappa shape index (κ2) is 7.42. The van der Waals surface area contributed by atoms with E-state index in [0.717, 1.165) is 16.3 Å². The first-order valence-electron chi connectivity index (χ1n) is 8.12. The molecule has 0 bridgehead atoms. The molecule has 0 aliphatic heterocycles. The lowest BCUT2D eigenvalue weighted by Gasteiger charge is -2.27. The molecule has 6 heteroatoms. The van der Waals surface area contributed by atoms with E-state index in [4.69, 9.17) is 10.5 Å². The Morgan fingerprint density at radius 3 is 2.40 bits per heavy atom. The highest BCUT2D eigenvalue weighted by molar-refractivity contribution is 5.84. The van der Waals surface area contributed by atoms with Crippen molar-refractivity contribution in [1.82, 2.24) is 4.90 Å². The van der Waals surface area contributed by atoms with Crippen LogP contribution in [-0.2, 0) is 16.1 Å². The van der Waals surface area contributed by atoms with Crippen LogP contribution in [0, 0.1) is 0 Å². The van der Waals surface area contributed by atoms with Crippen molar-refractivity contribution >= 4 is 22.8 Å². The van der Waals surface area contributed by atoms with Crippen molar-refractivity contribution in [3.05, 3.63) is 42.0 Å². The van der Waals surface area contributed by atoms with Crippen molar-refractivity contribution in [3.63, 3.8) is 0 Å². The fourth-order valence-electron chi connectivity index (χ4n) is 2.41. The van der Waals surface area contributed by atoms with Gasteiger partial charge in [0.15, 0.2) is 0 Å². The van der Waals surface area contributed by atoms with Gasteiger partial charge in [0.1, 0.15) is 11.4 Å². The summed E-state index contributed by atoms with van der Waals surface area (Å²) in [6.45, 7) is 5.87. The highest BCUT2D eigenvalue weighted by Gasteiger charge is 2.22. The Labute approximate surface area is 147 Å². The molecular formula is C19H24N2O4. The predicted molar refractivity (Wildman–Crippen MR) is 96.1 cm³/mol. The molecule has 0 radical (unpaired) electrons. The molecule has 0 heterocycles. The summed E-state index contributed by atoms with van der Waals surface area (Å²) in [5.41, 5.74) is 5.48. The van der Waals surface area contributed by atoms with Gasteiger partial charge < -0.3 is 20.5 Å². The van der Waals surface area contributed by atoms with Crippen LogP contribution < -0.4 is 5.73 Å². The van der Waals surface area contributed by atoms with Gasteiger partial charge in [-0.05, 0) is 55.3 Å². The van der Waals surface area contributed by atoms with Gasteiger partial charge in [0, 0.05) is 19.5 Å². The molecule has 2 amide bonds. The number of hydrogen-bond acceptors (Lipinski definition) is 4. The van der Waals surface area contributed by atoms with E-state index in [9.17, 15) is 14.7 Å². The lowest BCUT2D eigenvalue weighted by molar-refractivity contribution is -0.118. The number of nitrogens with zero attached hydrogens (tertiary/aromatic N) is 1. The molecule has 25 heavy (non-hydrogen) atoms. The molecule has 0 spiro atoms. The van der Waals surface area contributed by atoms with Crippen LogP contribution in [0.4, 0.5) is 4.79 Å². The van der Waals surface area contributed by atoms with Gasteiger partial charge in [-0.3, -0.25) is 4.79 Å². The lowest BCUT2D eigenvalue weighted by atomic mass is 10.1. The van der Waals surface area contributed by atoms with Crippen LogP contribution in [0.3, 0.4) is 0 Å². The number of carbonyl (C=O) groups excluding carboxylic acids is 2. The van der Waals surface area contributed by atoms with E-state index < -0.39 is 17.6 Å². The van der Waals surface area contributed by atoms with Gasteiger partial charge in [0.25, 0.3) is 0 Å². The molecule has 0 aliphatic rings. The van der Waals surface area contributed by atoms with Crippen LogP contribution in [-0.4, -0.2) is 34.2 Å². The van der Waals surface area contributed by atoms with Crippen LogP contribution >= 0.6 is 0 Å². The number of fused-ring (bicyclic) bond motifs is 1. The minimum absolute atomic E-state index is 0.0701. The number of ether oxygens (including phenoxy) is 1. The van der Waals surface area contributed by atoms with Crippen molar-refractivity contribution in [2.75, 3.05) is 6.54 Å². The largest absolute Gasteiger partial charge is 0.508 e. The number of carbonyl (C=O) groups is 2. The van der Waals surface area contributed by atoms with Gasteiger partial charge >= 0.3 is 6.09 Å². The normalized spacial score (nSPS) is 11.3. The Kier molecular flexibility index (Phi) is 5.51. The number of phenolic OH excluding ortho intramolecular Hbond substituents is 1. The Balaban J connectivity index is 2.21. The first-order chi connectivity index (χ1) is 11.6. The van der Waals surface area contributed by atoms with E-state index in [1.165, 1.54) is 4.90 Å². The molecule has 3 N–H and O–H groups in total. The van der Waals surface area contributed by atoms with Gasteiger partial charge in [-0.1, -0.05) is 18.2 Å². The van der Waals surface area contributed by atoms with Crippen molar-refractivity contribution in [2.45, 2.75) is 39.3 Å². The van der Waals surface area contributed by atoms with E-state index >= 15 is 0 Å². The standard InChI is InChI=1S/C19H24N2O4/c1-19(2,3)25-18(24)21(9-8-17(20)23)12-13-4-5-15-11-16(22)7-6-14(15)10-13/h4-7,10-11,22H,8-9,12H2,1-3H3,(H2,20,23). The zero-order chi connectivity index (χ0) is 18.6. The summed E-state index contributed by atoms with van der Waals surface area (Å²) in [6.07, 6.45) is -0.416. The third kappa shape index (κ3) is 5.67. The average molecular weight is 344 g/mol. The van der Waals surface area contributed by atoms with Gasteiger partial charge in [0.2, 0.25) is 5.91 Å². The molecule has 0 atom stereocenters. The summed E-state index contributed by atoms with van der Waals surface area (Å²) in [5.74, 6) is -0.264. The van der Waals surface area contributed by atoms with Crippen LogP contribution in [0.15, 0.2) is 36.4 Å². The number of rotatable bonds is 5. The van der Waals surface area contributed by atoms with Gasteiger partial charge in [-0.2, -0.15) is 0 Å². The van der Waals surface area contributed by atoms with Gasteiger partial charge in [-0.15, -0.1) is 0 Å². The molecular weight excluding hydrogens is 320 g/mol. The number of benzene rings is 2. The lowest BCUT2D eigenvalue weighted by Crippen LogP contribution is -2.38. The van der Waals surface area contributed by atoms with Crippen LogP contribution in [0.2, 0.25) is 0 Å². The predicted octanol–water partition coefficient (Wildman–Crippen LogP) is 3.16. The Morgan fingerprint density at radius 2 is 1.76 bits per heavy atom. The topological polar surface area (TPSA) is 92.9 Å². The molecule has 2 rings (SSSR count). The van der Waals surface area contributed by atoms with Crippen molar-refractivity contribution in [3.8, 4) is 5.75 Å². The molecule has 134 valence electrons. The van der Waals surface area contributed by atoms with E-state index in [1.54, 1.807) is 32.9 Å². The quantitative estimate of drug-likeness (QED) is 0.871. The molecule has 0 unspecified atom stereocenters. The summed E-state index contributed by atoms with van der Waals surface area (Å²) < 4.78 is 5.41. The maximum absolute atomic E-state index is 12.4. The van der Waals surface area contributed by atoms with Crippen LogP contribution in [0.1, 0.15) is 32.8 Å². The number of primary amides is 1. The molecule has 0 saturated heterocycles. The third-order valence-corrected chi connectivity index (χ3v) is 3.54. The molecule has 2 aromatic rings. The molecule has 0 saturated carbocycles. The molecule has 0 fully saturated rings. The average Bonchev–Trinajstić information content (AvgIpc) is 2.49.